The Morgan fingerprint density at radius 3 is 2.62 bits per heavy atom. The third kappa shape index (κ3) is 5.01. The molecule has 0 saturated carbocycles. The van der Waals surface area contributed by atoms with Gasteiger partial charge < -0.3 is 9.64 Å². The van der Waals surface area contributed by atoms with Crippen molar-refractivity contribution in [2.45, 2.75) is 26.3 Å². The summed E-state index contributed by atoms with van der Waals surface area (Å²) in [4.78, 5) is 33.5. The molecule has 192 valence electrons. The van der Waals surface area contributed by atoms with Crippen LogP contribution in [0.15, 0.2) is 53.9 Å². The van der Waals surface area contributed by atoms with E-state index >= 15 is 0 Å². The van der Waals surface area contributed by atoms with Crippen LogP contribution in [-0.2, 0) is 19.4 Å². The molecule has 1 aromatic carbocycles. The molecule has 4 aromatic rings. The van der Waals surface area contributed by atoms with E-state index < -0.39 is 34.4 Å². The highest BCUT2D eigenvalue weighted by atomic mass is 32.2. The van der Waals surface area contributed by atoms with E-state index in [4.69, 9.17) is 9.72 Å². The first kappa shape index (κ1) is 25.1. The molecule has 3 aromatic heterocycles. The number of sulfone groups is 1. The molecule has 0 bridgehead atoms. The molecule has 5 rings (SSSR count). The first-order valence-electron chi connectivity index (χ1n) is 11.9. The Hall–Kier alpha value is -3.57. The maximum absolute atomic E-state index is 13.4. The quantitative estimate of drug-likeness (QED) is 0.330. The Balaban J connectivity index is 1.48. The predicted octanol–water partition coefficient (Wildman–Crippen LogP) is 3.65. The SMILES string of the molecule is CCN(C(=O)COC(=O)c1cc(-c2cccs2)nc2c1c(C)nn2-c1ccccc1)[C@H]1CCS(=O)(=O)C1. The van der Waals surface area contributed by atoms with E-state index in [-0.39, 0.29) is 17.1 Å². The molecule has 37 heavy (non-hydrogen) atoms. The van der Waals surface area contributed by atoms with Crippen LogP contribution in [0.5, 0.6) is 0 Å². The summed E-state index contributed by atoms with van der Waals surface area (Å²) in [7, 11) is -3.15. The number of hydrogen-bond donors (Lipinski definition) is 0. The number of carbonyl (C=O) groups excluding carboxylic acids is 2. The molecule has 4 heterocycles. The van der Waals surface area contributed by atoms with Crippen LogP contribution in [0.3, 0.4) is 0 Å². The van der Waals surface area contributed by atoms with Gasteiger partial charge in [0.1, 0.15) is 0 Å². The van der Waals surface area contributed by atoms with Crippen molar-refractivity contribution < 1.29 is 22.7 Å². The van der Waals surface area contributed by atoms with Gasteiger partial charge in [-0.25, -0.2) is 22.9 Å². The smallest absolute Gasteiger partial charge is 0.339 e. The lowest BCUT2D eigenvalue weighted by Crippen LogP contribution is -2.43. The van der Waals surface area contributed by atoms with E-state index in [9.17, 15) is 18.0 Å². The van der Waals surface area contributed by atoms with Crippen LogP contribution in [0.2, 0.25) is 0 Å². The molecular formula is C26H26N4O5S2. The van der Waals surface area contributed by atoms with E-state index in [1.54, 1.807) is 24.6 Å². The average Bonchev–Trinajstić information content (AvgIpc) is 3.63. The van der Waals surface area contributed by atoms with Crippen molar-refractivity contribution in [2.75, 3.05) is 24.7 Å². The Morgan fingerprint density at radius 2 is 1.97 bits per heavy atom. The molecule has 0 N–H and O–H groups in total. The molecule has 1 aliphatic rings. The van der Waals surface area contributed by atoms with Gasteiger partial charge in [-0.05, 0) is 49.9 Å². The number of esters is 1. The second kappa shape index (κ2) is 10.1. The van der Waals surface area contributed by atoms with Crippen LogP contribution in [0.25, 0.3) is 27.3 Å². The van der Waals surface area contributed by atoms with Gasteiger partial charge in [0.25, 0.3) is 5.91 Å². The van der Waals surface area contributed by atoms with Crippen LogP contribution in [0, 0.1) is 6.92 Å². The zero-order chi connectivity index (χ0) is 26.2. The van der Waals surface area contributed by atoms with Crippen LogP contribution < -0.4 is 0 Å². The highest BCUT2D eigenvalue weighted by Crippen LogP contribution is 2.31. The van der Waals surface area contributed by atoms with E-state index in [0.29, 0.717) is 35.4 Å². The summed E-state index contributed by atoms with van der Waals surface area (Å²) >= 11 is 1.50. The lowest BCUT2D eigenvalue weighted by atomic mass is 10.1. The van der Waals surface area contributed by atoms with Gasteiger partial charge in [0.2, 0.25) is 0 Å². The summed E-state index contributed by atoms with van der Waals surface area (Å²) in [5, 5.41) is 7.13. The van der Waals surface area contributed by atoms with Crippen molar-refractivity contribution in [2.24, 2.45) is 0 Å². The molecule has 1 saturated heterocycles. The molecular weight excluding hydrogens is 512 g/mol. The monoisotopic (exact) mass is 538 g/mol. The van der Waals surface area contributed by atoms with Gasteiger partial charge in [0.05, 0.1) is 44.4 Å². The summed E-state index contributed by atoms with van der Waals surface area (Å²) in [6.07, 6.45) is 0.392. The largest absolute Gasteiger partial charge is 0.452 e. The van der Waals surface area contributed by atoms with Gasteiger partial charge in [0, 0.05) is 12.6 Å². The molecule has 0 unspecified atom stereocenters. The number of benzene rings is 1. The number of rotatable bonds is 7. The molecule has 11 heteroatoms. The van der Waals surface area contributed by atoms with Gasteiger partial charge in [0.15, 0.2) is 22.1 Å². The van der Waals surface area contributed by atoms with Crippen LogP contribution in [0.4, 0.5) is 0 Å². The third-order valence-corrected chi connectivity index (χ3v) is 9.09. The summed E-state index contributed by atoms with van der Waals surface area (Å²) in [5.74, 6) is -1.08. The minimum Gasteiger partial charge on any atom is -0.452 e. The summed E-state index contributed by atoms with van der Waals surface area (Å²) in [6, 6.07) is 14.6. The second-order valence-electron chi connectivity index (χ2n) is 8.88. The highest BCUT2D eigenvalue weighted by molar-refractivity contribution is 7.91. The van der Waals surface area contributed by atoms with Crippen molar-refractivity contribution in [1.29, 1.82) is 0 Å². The van der Waals surface area contributed by atoms with Crippen LogP contribution >= 0.6 is 11.3 Å². The van der Waals surface area contributed by atoms with Crippen molar-refractivity contribution in [1.82, 2.24) is 19.7 Å². The van der Waals surface area contributed by atoms with E-state index in [1.165, 1.54) is 16.2 Å². The number of aryl methyl sites for hydroxylation is 1. The minimum atomic E-state index is -3.15. The highest BCUT2D eigenvalue weighted by Gasteiger charge is 2.34. The van der Waals surface area contributed by atoms with E-state index in [1.807, 2.05) is 47.8 Å². The Bertz CT molecular complexity index is 1560. The summed E-state index contributed by atoms with van der Waals surface area (Å²) in [5.41, 5.74) is 2.79. The number of ether oxygens (including phenoxy) is 1. The number of amides is 1. The van der Waals surface area contributed by atoms with Crippen molar-refractivity contribution >= 4 is 44.1 Å². The number of hydrogen-bond acceptors (Lipinski definition) is 8. The number of thiophene rings is 1. The molecule has 1 aliphatic heterocycles. The number of aromatic nitrogens is 3. The van der Waals surface area contributed by atoms with E-state index in [0.717, 1.165) is 10.6 Å². The zero-order valence-electron chi connectivity index (χ0n) is 20.5. The Labute approximate surface area is 218 Å². The van der Waals surface area contributed by atoms with Gasteiger partial charge >= 0.3 is 5.97 Å². The van der Waals surface area contributed by atoms with Gasteiger partial charge in [-0.15, -0.1) is 11.3 Å². The fourth-order valence-electron chi connectivity index (χ4n) is 4.70. The molecule has 0 spiro atoms. The molecule has 0 radical (unpaired) electrons. The van der Waals surface area contributed by atoms with Gasteiger partial charge in [-0.3, -0.25) is 4.79 Å². The van der Waals surface area contributed by atoms with Gasteiger partial charge in [-0.1, -0.05) is 24.3 Å². The minimum absolute atomic E-state index is 0.0619. The lowest BCUT2D eigenvalue weighted by Gasteiger charge is -2.26. The number of likely N-dealkylation sites (N-methyl/N-ethyl adjacent to an activating group) is 1. The zero-order valence-corrected chi connectivity index (χ0v) is 22.1. The van der Waals surface area contributed by atoms with Crippen molar-refractivity contribution in [3.8, 4) is 16.3 Å². The first-order chi connectivity index (χ1) is 17.8. The Morgan fingerprint density at radius 1 is 1.19 bits per heavy atom. The molecule has 1 atom stereocenters. The van der Waals surface area contributed by atoms with Crippen LogP contribution in [-0.4, -0.2) is 70.7 Å². The number of para-hydroxylation sites is 1. The lowest BCUT2D eigenvalue weighted by molar-refractivity contribution is -0.136. The fraction of sp³-hybridized carbons (Fsp3) is 0.308. The standard InChI is InChI=1S/C26H26N4O5S2/c1-3-29(19-11-13-37(33,34)16-19)23(31)15-35-26(32)20-14-21(22-10-7-12-36-22)27-25-24(20)17(2)28-30(25)18-8-5-4-6-9-18/h4-10,12,14,19H,3,11,13,15-16H2,1-2H3/t19-/m0/s1. The first-order valence-corrected chi connectivity index (χ1v) is 14.6. The van der Waals surface area contributed by atoms with E-state index in [2.05, 4.69) is 5.10 Å². The molecule has 1 fully saturated rings. The van der Waals surface area contributed by atoms with Crippen LogP contribution in [0.1, 0.15) is 29.4 Å². The number of carbonyl (C=O) groups is 2. The number of fused-ring (bicyclic) bond motifs is 1. The average molecular weight is 539 g/mol. The third-order valence-electron chi connectivity index (χ3n) is 6.44. The molecule has 9 nitrogen and oxygen atoms in total. The van der Waals surface area contributed by atoms with Crippen molar-refractivity contribution in [3.05, 3.63) is 65.2 Å². The predicted molar refractivity (Wildman–Crippen MR) is 142 cm³/mol. The maximum Gasteiger partial charge on any atom is 0.339 e. The number of pyridine rings is 1. The second-order valence-corrected chi connectivity index (χ2v) is 12.1. The molecule has 0 aliphatic carbocycles. The van der Waals surface area contributed by atoms with Crippen molar-refractivity contribution in [3.63, 3.8) is 0 Å². The molecule has 1 amide bonds. The fourth-order valence-corrected chi connectivity index (χ4v) is 7.11. The number of nitrogens with zero attached hydrogens (tertiary/aromatic N) is 4. The van der Waals surface area contributed by atoms with Gasteiger partial charge in [-0.2, -0.15) is 5.10 Å². The Kier molecular flexibility index (Phi) is 6.82. The normalized spacial score (nSPS) is 16.6. The summed E-state index contributed by atoms with van der Waals surface area (Å²) < 4.78 is 31.0. The maximum atomic E-state index is 13.4. The topological polar surface area (TPSA) is 111 Å². The summed E-state index contributed by atoms with van der Waals surface area (Å²) in [6.45, 7) is 3.44.